The normalized spacial score (nSPS) is 50.5. The molecule has 5 rings (SSSR count). The van der Waals surface area contributed by atoms with Gasteiger partial charge in [-0.1, -0.05) is 25.5 Å². The van der Waals surface area contributed by atoms with E-state index in [1.54, 1.807) is 5.57 Å². The Hall–Kier alpha value is 0.400. The maximum atomic E-state index is 10.2. The molecule has 5 aliphatic rings. The Morgan fingerprint density at radius 2 is 1.85 bits per heavy atom. The van der Waals surface area contributed by atoms with Crippen molar-refractivity contribution >= 4 is 23.5 Å². The maximum Gasteiger partial charge on any atom is 0.0577 e. The third kappa shape index (κ3) is 3.17. The summed E-state index contributed by atoms with van der Waals surface area (Å²) in [6.45, 7) is 5.25. The fourth-order valence-electron chi connectivity index (χ4n) is 8.04. The van der Waals surface area contributed by atoms with E-state index < -0.39 is 0 Å². The summed E-state index contributed by atoms with van der Waals surface area (Å²) in [5, 5.41) is 10.2. The molecule has 27 heavy (non-hydrogen) atoms. The van der Waals surface area contributed by atoms with Gasteiger partial charge in [0.25, 0.3) is 0 Å². The highest BCUT2D eigenvalue weighted by atomic mass is 32.2. The molecule has 4 fully saturated rings. The molecule has 0 radical (unpaired) electrons. The predicted octanol–water partition coefficient (Wildman–Crippen LogP) is 6.51. The standard InChI is InChI=1S/C24H38OS2/c1-23-10-8-18(25)14-16(23)4-6-19-20-7-5-17(15-22-26-12-3-13-27-22)24(20,2)11-9-21(19)23/h4,17-22,25H,3,5-15H2,1-2H3. The van der Waals surface area contributed by atoms with Crippen molar-refractivity contribution < 1.29 is 5.11 Å². The Balaban J connectivity index is 1.35. The van der Waals surface area contributed by atoms with E-state index in [1.165, 1.54) is 62.9 Å². The molecular formula is C24H38OS2. The van der Waals surface area contributed by atoms with Gasteiger partial charge in [0.2, 0.25) is 0 Å². The monoisotopic (exact) mass is 406 g/mol. The van der Waals surface area contributed by atoms with Gasteiger partial charge in [-0.25, -0.2) is 0 Å². The molecule has 0 bridgehead atoms. The first-order valence-electron chi connectivity index (χ1n) is 11.6. The van der Waals surface area contributed by atoms with Gasteiger partial charge in [-0.05, 0) is 110 Å². The molecule has 1 saturated heterocycles. The largest absolute Gasteiger partial charge is 0.393 e. The van der Waals surface area contributed by atoms with Gasteiger partial charge in [0.15, 0.2) is 0 Å². The molecular weight excluding hydrogens is 368 g/mol. The van der Waals surface area contributed by atoms with Crippen molar-refractivity contribution in [2.45, 2.75) is 88.7 Å². The summed E-state index contributed by atoms with van der Waals surface area (Å²) < 4.78 is 0.882. The molecule has 152 valence electrons. The third-order valence-corrected chi connectivity index (χ3v) is 12.6. The van der Waals surface area contributed by atoms with Crippen LogP contribution < -0.4 is 0 Å². The summed E-state index contributed by atoms with van der Waals surface area (Å²) in [5.74, 6) is 6.53. The van der Waals surface area contributed by atoms with E-state index in [-0.39, 0.29) is 6.10 Å². The summed E-state index contributed by atoms with van der Waals surface area (Å²) in [6.07, 6.45) is 15.8. The molecule has 0 amide bonds. The van der Waals surface area contributed by atoms with E-state index in [9.17, 15) is 5.11 Å². The van der Waals surface area contributed by atoms with Crippen molar-refractivity contribution in [3.63, 3.8) is 0 Å². The van der Waals surface area contributed by atoms with Crippen molar-refractivity contribution in [2.75, 3.05) is 11.5 Å². The lowest BCUT2D eigenvalue weighted by Crippen LogP contribution is -2.50. The van der Waals surface area contributed by atoms with E-state index in [2.05, 4.69) is 43.4 Å². The molecule has 7 atom stereocenters. The van der Waals surface area contributed by atoms with E-state index in [0.29, 0.717) is 10.8 Å². The molecule has 7 unspecified atom stereocenters. The summed E-state index contributed by atoms with van der Waals surface area (Å²) in [4.78, 5) is 0. The number of rotatable bonds is 2. The van der Waals surface area contributed by atoms with Crippen LogP contribution in [0.15, 0.2) is 11.6 Å². The van der Waals surface area contributed by atoms with Crippen LogP contribution in [-0.2, 0) is 0 Å². The summed E-state index contributed by atoms with van der Waals surface area (Å²) >= 11 is 4.51. The van der Waals surface area contributed by atoms with Gasteiger partial charge < -0.3 is 5.11 Å². The highest BCUT2D eigenvalue weighted by molar-refractivity contribution is 8.17. The highest BCUT2D eigenvalue weighted by Crippen LogP contribution is 2.67. The second-order valence-electron chi connectivity index (χ2n) is 10.7. The quantitative estimate of drug-likeness (QED) is 0.528. The number of hydrogen-bond acceptors (Lipinski definition) is 3. The lowest BCUT2D eigenvalue weighted by molar-refractivity contribution is -0.0501. The molecule has 0 aromatic rings. The Labute approximate surface area is 174 Å². The Kier molecular flexibility index (Phi) is 5.22. The lowest BCUT2D eigenvalue weighted by atomic mass is 9.47. The summed E-state index contributed by atoms with van der Waals surface area (Å²) in [5.41, 5.74) is 2.63. The minimum Gasteiger partial charge on any atom is -0.393 e. The zero-order chi connectivity index (χ0) is 18.6. The van der Waals surface area contributed by atoms with Gasteiger partial charge >= 0.3 is 0 Å². The highest BCUT2D eigenvalue weighted by Gasteiger charge is 2.58. The average Bonchev–Trinajstić information content (AvgIpc) is 3.00. The fourth-order valence-corrected chi connectivity index (χ4v) is 11.1. The van der Waals surface area contributed by atoms with Crippen LogP contribution >= 0.6 is 23.5 Å². The number of allylic oxidation sites excluding steroid dienone is 1. The zero-order valence-corrected chi connectivity index (χ0v) is 18.9. The molecule has 0 aromatic heterocycles. The predicted molar refractivity (Wildman–Crippen MR) is 119 cm³/mol. The fraction of sp³-hybridized carbons (Fsp3) is 0.917. The molecule has 0 aromatic carbocycles. The van der Waals surface area contributed by atoms with Gasteiger partial charge in [0.05, 0.1) is 10.7 Å². The Morgan fingerprint density at radius 3 is 2.67 bits per heavy atom. The van der Waals surface area contributed by atoms with Gasteiger partial charge in [-0.15, -0.1) is 23.5 Å². The maximum absolute atomic E-state index is 10.2. The molecule has 1 aliphatic heterocycles. The lowest BCUT2D eigenvalue weighted by Gasteiger charge is -2.58. The van der Waals surface area contributed by atoms with Crippen LogP contribution in [0.25, 0.3) is 0 Å². The van der Waals surface area contributed by atoms with E-state index in [1.807, 2.05) is 0 Å². The van der Waals surface area contributed by atoms with Crippen LogP contribution in [0.2, 0.25) is 0 Å². The van der Waals surface area contributed by atoms with Crippen LogP contribution in [0, 0.1) is 34.5 Å². The van der Waals surface area contributed by atoms with Crippen LogP contribution in [0.5, 0.6) is 0 Å². The molecule has 0 spiro atoms. The number of aliphatic hydroxyl groups excluding tert-OH is 1. The first kappa shape index (κ1) is 19.4. The molecule has 1 N–H and O–H groups in total. The number of aliphatic hydroxyl groups is 1. The van der Waals surface area contributed by atoms with Crippen molar-refractivity contribution in [1.82, 2.24) is 0 Å². The van der Waals surface area contributed by atoms with E-state index in [4.69, 9.17) is 0 Å². The van der Waals surface area contributed by atoms with E-state index >= 15 is 0 Å². The van der Waals surface area contributed by atoms with Gasteiger partial charge in [-0.3, -0.25) is 0 Å². The number of thioether (sulfide) groups is 2. The third-order valence-electron chi connectivity index (χ3n) is 9.65. The van der Waals surface area contributed by atoms with Crippen molar-refractivity contribution in [3.8, 4) is 0 Å². The second kappa shape index (κ2) is 7.27. The SMILES string of the molecule is CC12CCC(O)CC1=CCC1C2CCC2(C)C(CC3SCCCS3)CCC12. The van der Waals surface area contributed by atoms with Gasteiger partial charge in [0.1, 0.15) is 0 Å². The summed E-state index contributed by atoms with van der Waals surface area (Å²) in [7, 11) is 0. The Morgan fingerprint density at radius 1 is 1.04 bits per heavy atom. The first-order valence-corrected chi connectivity index (χ1v) is 13.7. The molecule has 4 aliphatic carbocycles. The topological polar surface area (TPSA) is 20.2 Å². The van der Waals surface area contributed by atoms with Crippen LogP contribution in [0.3, 0.4) is 0 Å². The average molecular weight is 407 g/mol. The smallest absolute Gasteiger partial charge is 0.0577 e. The molecule has 3 heteroatoms. The minimum atomic E-state index is -0.0731. The van der Waals surface area contributed by atoms with Gasteiger partial charge in [0, 0.05) is 0 Å². The van der Waals surface area contributed by atoms with Crippen LogP contribution in [-0.4, -0.2) is 27.3 Å². The van der Waals surface area contributed by atoms with Gasteiger partial charge in [-0.2, -0.15) is 0 Å². The van der Waals surface area contributed by atoms with Crippen LogP contribution in [0.4, 0.5) is 0 Å². The second-order valence-corrected chi connectivity index (χ2v) is 13.7. The molecule has 3 saturated carbocycles. The Bertz CT molecular complexity index is 597. The minimum absolute atomic E-state index is 0.0731. The van der Waals surface area contributed by atoms with E-state index in [0.717, 1.165) is 41.1 Å². The summed E-state index contributed by atoms with van der Waals surface area (Å²) in [6, 6.07) is 0. The number of hydrogen-bond donors (Lipinski definition) is 1. The van der Waals surface area contributed by atoms with Crippen molar-refractivity contribution in [1.29, 1.82) is 0 Å². The van der Waals surface area contributed by atoms with Crippen molar-refractivity contribution in [2.24, 2.45) is 34.5 Å². The molecule has 1 heterocycles. The zero-order valence-electron chi connectivity index (χ0n) is 17.3. The van der Waals surface area contributed by atoms with Crippen LogP contribution in [0.1, 0.15) is 78.1 Å². The first-order chi connectivity index (χ1) is 13.0. The number of fused-ring (bicyclic) bond motifs is 5. The molecule has 1 nitrogen and oxygen atoms in total. The van der Waals surface area contributed by atoms with Crippen molar-refractivity contribution in [3.05, 3.63) is 11.6 Å².